The van der Waals surface area contributed by atoms with E-state index in [1.807, 2.05) is 37.3 Å². The van der Waals surface area contributed by atoms with E-state index in [4.69, 9.17) is 58.0 Å². The molecule has 1 N–H and O–H groups in total. The van der Waals surface area contributed by atoms with Crippen molar-refractivity contribution in [2.45, 2.75) is 17.2 Å². The Morgan fingerprint density at radius 2 is 1.60 bits per heavy atom. The van der Waals surface area contributed by atoms with Crippen molar-refractivity contribution in [1.82, 2.24) is 0 Å². The highest BCUT2D eigenvalue weighted by molar-refractivity contribution is 6.53. The summed E-state index contributed by atoms with van der Waals surface area (Å²) >= 11 is 31.3. The quantitative estimate of drug-likeness (QED) is 0.179. The van der Waals surface area contributed by atoms with Crippen molar-refractivity contribution in [3.8, 4) is 0 Å². The van der Waals surface area contributed by atoms with Crippen LogP contribution < -0.4 is 5.32 Å². The molecule has 3 aromatic rings. The third-order valence-electron chi connectivity index (χ3n) is 5.77. The van der Waals surface area contributed by atoms with Crippen LogP contribution >= 0.6 is 58.0 Å². The number of ketones is 1. The first-order valence-electron chi connectivity index (χ1n) is 10.6. The molecular formula is C26H19Cl5N2O2. The van der Waals surface area contributed by atoms with Crippen LogP contribution in [0, 0.1) is 5.92 Å². The van der Waals surface area contributed by atoms with Gasteiger partial charge in [0.15, 0.2) is 5.78 Å². The molecule has 0 radical (unpaired) electrons. The van der Waals surface area contributed by atoms with Crippen LogP contribution in [-0.2, 0) is 4.79 Å². The van der Waals surface area contributed by atoms with Gasteiger partial charge in [-0.15, -0.1) is 23.2 Å². The third kappa shape index (κ3) is 5.84. The van der Waals surface area contributed by atoms with Gasteiger partial charge in [-0.05, 0) is 54.4 Å². The monoisotopic (exact) mass is 566 g/mol. The molecule has 0 aromatic heterocycles. The Hall–Kier alpha value is -2.08. The summed E-state index contributed by atoms with van der Waals surface area (Å²) in [5, 5.41) is 3.90. The van der Waals surface area contributed by atoms with E-state index >= 15 is 0 Å². The Labute approximate surface area is 228 Å². The molecule has 0 spiro atoms. The largest absolute Gasteiger partial charge is 0.326 e. The fourth-order valence-electron chi connectivity index (χ4n) is 3.91. The van der Waals surface area contributed by atoms with Gasteiger partial charge in [-0.1, -0.05) is 65.1 Å². The predicted molar refractivity (Wildman–Crippen MR) is 145 cm³/mol. The summed E-state index contributed by atoms with van der Waals surface area (Å²) in [6, 6.07) is 19.2. The van der Waals surface area contributed by atoms with Crippen molar-refractivity contribution >= 4 is 81.1 Å². The Bertz CT molecular complexity index is 1300. The van der Waals surface area contributed by atoms with Crippen LogP contribution in [0.3, 0.4) is 0 Å². The number of hydrogen-bond acceptors (Lipinski definition) is 3. The number of hydrogen-bond donors (Lipinski definition) is 1. The van der Waals surface area contributed by atoms with Gasteiger partial charge in [0.05, 0.1) is 10.9 Å². The van der Waals surface area contributed by atoms with Gasteiger partial charge in [0.1, 0.15) is 10.9 Å². The second-order valence-corrected chi connectivity index (χ2v) is 10.9. The zero-order chi connectivity index (χ0) is 25.3. The molecule has 0 bridgehead atoms. The minimum Gasteiger partial charge on any atom is -0.326 e. The number of amides is 1. The second-order valence-electron chi connectivity index (χ2n) is 8.21. The van der Waals surface area contributed by atoms with Crippen LogP contribution in [0.15, 0.2) is 71.7 Å². The minimum atomic E-state index is -1.31. The Morgan fingerprint density at radius 3 is 2.26 bits per heavy atom. The van der Waals surface area contributed by atoms with Crippen molar-refractivity contribution in [1.29, 1.82) is 0 Å². The first-order valence-corrected chi connectivity index (χ1v) is 12.5. The maximum Gasteiger partial charge on any atom is 0.231 e. The Kier molecular flexibility index (Phi) is 7.80. The molecule has 0 saturated heterocycles. The average Bonchev–Trinajstić information content (AvgIpc) is 3.40. The highest BCUT2D eigenvalue weighted by Gasteiger charge is 2.67. The summed E-state index contributed by atoms with van der Waals surface area (Å²) < 4.78 is -1.31. The molecule has 2 atom stereocenters. The maximum atomic E-state index is 13.0. The fourth-order valence-corrected chi connectivity index (χ4v) is 5.50. The third-order valence-corrected chi connectivity index (χ3v) is 7.47. The molecule has 0 heterocycles. The minimum absolute atomic E-state index is 0.0788. The van der Waals surface area contributed by atoms with E-state index in [-0.39, 0.29) is 22.9 Å². The van der Waals surface area contributed by atoms with Crippen molar-refractivity contribution in [2.75, 3.05) is 11.9 Å². The highest BCUT2D eigenvalue weighted by Crippen LogP contribution is 2.65. The molecule has 4 nitrogen and oxygen atoms in total. The molecule has 1 saturated carbocycles. The molecule has 180 valence electrons. The van der Waals surface area contributed by atoms with E-state index in [1.165, 1.54) is 6.07 Å². The van der Waals surface area contributed by atoms with Crippen LogP contribution in [0.5, 0.6) is 0 Å². The zero-order valence-electron chi connectivity index (χ0n) is 18.4. The lowest BCUT2D eigenvalue weighted by atomic mass is 10.1. The number of nitrogens with one attached hydrogen (secondary N) is 1. The number of carbonyl (C=O) groups excluding carboxylic acids is 2. The summed E-state index contributed by atoms with van der Waals surface area (Å²) in [5.74, 6) is -1.88. The molecule has 1 aliphatic rings. The van der Waals surface area contributed by atoms with E-state index in [2.05, 4.69) is 10.3 Å². The van der Waals surface area contributed by atoms with Gasteiger partial charge in [-0.3, -0.25) is 14.6 Å². The van der Waals surface area contributed by atoms with E-state index in [0.717, 1.165) is 11.3 Å². The van der Waals surface area contributed by atoms with E-state index in [0.29, 0.717) is 21.3 Å². The Balaban J connectivity index is 1.48. The summed E-state index contributed by atoms with van der Waals surface area (Å²) in [5.41, 5.74) is 2.99. The molecule has 1 amide bonds. The van der Waals surface area contributed by atoms with Gasteiger partial charge in [0.2, 0.25) is 5.91 Å². The number of anilines is 1. The van der Waals surface area contributed by atoms with Crippen LogP contribution in [0.4, 0.5) is 5.69 Å². The molecular weight excluding hydrogens is 550 g/mol. The summed E-state index contributed by atoms with van der Waals surface area (Å²) in [4.78, 5) is 30.2. The van der Waals surface area contributed by atoms with Crippen LogP contribution in [0.25, 0.3) is 0 Å². The van der Waals surface area contributed by atoms with Crippen molar-refractivity contribution in [3.05, 3.63) is 98.5 Å². The number of aliphatic imine (C=N–C) groups is 1. The first kappa shape index (κ1) is 26.0. The summed E-state index contributed by atoms with van der Waals surface area (Å²) in [6.07, 6.45) is 0. The lowest BCUT2D eigenvalue weighted by Crippen LogP contribution is -2.17. The number of alkyl halides is 2. The average molecular weight is 569 g/mol. The SMILES string of the molecule is CC(=NCC(=O)c1cc(NC(=O)C2C(c3cc(Cl)cc(Cl)c3)C2(Cl)Cl)ccc1Cl)c1ccccc1. The van der Waals surface area contributed by atoms with Crippen LogP contribution in [0.2, 0.25) is 15.1 Å². The number of nitrogens with zero attached hydrogens (tertiary/aromatic N) is 1. The number of halogens is 5. The highest BCUT2D eigenvalue weighted by atomic mass is 35.5. The zero-order valence-corrected chi connectivity index (χ0v) is 22.1. The van der Waals surface area contributed by atoms with Crippen molar-refractivity contribution in [2.24, 2.45) is 10.9 Å². The maximum absolute atomic E-state index is 13.0. The Morgan fingerprint density at radius 1 is 0.943 bits per heavy atom. The number of benzene rings is 3. The van der Waals surface area contributed by atoms with Crippen LogP contribution in [0.1, 0.15) is 34.3 Å². The molecule has 1 aliphatic carbocycles. The van der Waals surface area contributed by atoms with Gasteiger partial charge >= 0.3 is 0 Å². The lowest BCUT2D eigenvalue weighted by molar-refractivity contribution is -0.117. The normalized spacial score (nSPS) is 18.7. The molecule has 2 unspecified atom stereocenters. The molecule has 1 fully saturated rings. The van der Waals surface area contributed by atoms with E-state index < -0.39 is 22.1 Å². The molecule has 3 aromatic carbocycles. The first-order chi connectivity index (χ1) is 16.6. The van der Waals surface area contributed by atoms with E-state index in [9.17, 15) is 9.59 Å². The molecule has 0 aliphatic heterocycles. The number of carbonyl (C=O) groups is 2. The van der Waals surface area contributed by atoms with Gasteiger partial charge in [-0.2, -0.15) is 0 Å². The standard InChI is InChI=1S/C26H19Cl5N2O2/c1-14(15-5-3-2-4-6-15)32-13-22(34)20-12-19(7-8-21(20)29)33-25(35)24-23(26(24,30)31)16-9-17(27)11-18(28)10-16/h2-12,23-24H,13H2,1H3,(H,33,35). The van der Waals surface area contributed by atoms with Crippen molar-refractivity contribution in [3.63, 3.8) is 0 Å². The predicted octanol–water partition coefficient (Wildman–Crippen LogP) is 7.86. The molecule has 35 heavy (non-hydrogen) atoms. The smallest absolute Gasteiger partial charge is 0.231 e. The van der Waals surface area contributed by atoms with Gasteiger partial charge in [-0.25, -0.2) is 0 Å². The summed E-state index contributed by atoms with van der Waals surface area (Å²) in [7, 11) is 0. The molecule has 4 rings (SSSR count). The number of rotatable bonds is 7. The lowest BCUT2D eigenvalue weighted by Gasteiger charge is -2.09. The summed E-state index contributed by atoms with van der Waals surface area (Å²) in [6.45, 7) is 1.76. The molecule has 9 heteroatoms. The van der Waals surface area contributed by atoms with Crippen molar-refractivity contribution < 1.29 is 9.59 Å². The number of Topliss-reactive ketones (excluding diaryl/α,β-unsaturated/α-hetero) is 1. The second kappa shape index (κ2) is 10.5. The van der Waals surface area contributed by atoms with E-state index in [1.54, 1.807) is 30.3 Å². The van der Waals surface area contributed by atoms with Gasteiger partial charge in [0, 0.05) is 32.9 Å². The fraction of sp³-hybridized carbons (Fsp3) is 0.192. The topological polar surface area (TPSA) is 58.5 Å². The van der Waals surface area contributed by atoms with Gasteiger partial charge in [0.25, 0.3) is 0 Å². The van der Waals surface area contributed by atoms with Crippen LogP contribution in [-0.4, -0.2) is 28.3 Å². The van der Waals surface area contributed by atoms with Gasteiger partial charge < -0.3 is 5.32 Å².